The topological polar surface area (TPSA) is 90.3 Å². The minimum absolute atomic E-state index is 0.296. The number of rotatable bonds is 7. The number of aromatic nitrogens is 3. The van der Waals surface area contributed by atoms with E-state index in [0.717, 1.165) is 13.0 Å². The van der Waals surface area contributed by atoms with Gasteiger partial charge in [0, 0.05) is 19.2 Å². The Morgan fingerprint density at radius 2 is 2.00 bits per heavy atom. The molecule has 0 aliphatic carbocycles. The van der Waals surface area contributed by atoms with E-state index >= 15 is 0 Å². The van der Waals surface area contributed by atoms with Crippen LogP contribution in [0, 0.1) is 0 Å². The Labute approximate surface area is 128 Å². The van der Waals surface area contributed by atoms with E-state index < -0.39 is 0 Å². The maximum atomic E-state index is 11.9. The Kier molecular flexibility index (Phi) is 5.58. The van der Waals surface area contributed by atoms with Crippen LogP contribution in [0.5, 0.6) is 11.5 Å². The first-order chi connectivity index (χ1) is 10.7. The average Bonchev–Trinajstić information content (AvgIpc) is 3.05. The molecule has 1 aromatic carbocycles. The fourth-order valence-corrected chi connectivity index (χ4v) is 1.88. The second-order valence-corrected chi connectivity index (χ2v) is 4.50. The van der Waals surface area contributed by atoms with Gasteiger partial charge in [0.05, 0.1) is 19.9 Å². The van der Waals surface area contributed by atoms with E-state index in [2.05, 4.69) is 20.8 Å². The molecule has 1 heterocycles. The number of hydrogen-bond donors (Lipinski definition) is 2. The largest absolute Gasteiger partial charge is 0.497 e. The zero-order valence-corrected chi connectivity index (χ0v) is 12.6. The molecule has 118 valence electrons. The lowest BCUT2D eigenvalue weighted by Crippen LogP contribution is -2.30. The molecule has 2 aromatic rings. The van der Waals surface area contributed by atoms with Gasteiger partial charge < -0.3 is 24.7 Å². The number of ether oxygens (including phenoxy) is 2. The molecule has 22 heavy (non-hydrogen) atoms. The number of nitrogens with one attached hydrogen (secondary N) is 2. The molecule has 0 aliphatic rings. The number of urea groups is 1. The van der Waals surface area contributed by atoms with Gasteiger partial charge in [0.2, 0.25) is 0 Å². The maximum Gasteiger partial charge on any atom is 0.319 e. The zero-order chi connectivity index (χ0) is 15.8. The van der Waals surface area contributed by atoms with Crippen molar-refractivity contribution >= 4 is 11.7 Å². The number of hydrogen-bond acceptors (Lipinski definition) is 5. The molecule has 1 aromatic heterocycles. The number of benzene rings is 1. The molecule has 0 bridgehead atoms. The van der Waals surface area contributed by atoms with Crippen molar-refractivity contribution in [2.24, 2.45) is 0 Å². The molecular formula is C14H19N5O3. The Bertz CT molecular complexity index is 601. The highest BCUT2D eigenvalue weighted by molar-refractivity contribution is 5.91. The number of carbonyl (C=O) groups excluding carboxylic acids is 1. The Hall–Kier alpha value is -2.77. The summed E-state index contributed by atoms with van der Waals surface area (Å²) in [5.41, 5.74) is 0.554. The summed E-state index contributed by atoms with van der Waals surface area (Å²) < 4.78 is 12.2. The minimum Gasteiger partial charge on any atom is -0.497 e. The number of anilines is 1. The lowest BCUT2D eigenvalue weighted by molar-refractivity contribution is 0.251. The van der Waals surface area contributed by atoms with Gasteiger partial charge in [-0.3, -0.25) is 0 Å². The molecule has 0 fully saturated rings. The molecule has 2 N–H and O–H groups in total. The van der Waals surface area contributed by atoms with E-state index in [1.165, 1.54) is 0 Å². The predicted octanol–water partition coefficient (Wildman–Crippen LogP) is 1.51. The van der Waals surface area contributed by atoms with Crippen LogP contribution < -0.4 is 20.1 Å². The van der Waals surface area contributed by atoms with Gasteiger partial charge in [-0.25, -0.2) is 4.79 Å². The van der Waals surface area contributed by atoms with Crippen molar-refractivity contribution in [1.82, 2.24) is 20.1 Å². The van der Waals surface area contributed by atoms with Gasteiger partial charge in [-0.1, -0.05) is 0 Å². The standard InChI is InChI=1S/C14H19N5O3/c1-21-11-4-5-13(22-2)12(8-11)18-14(20)15-6-3-7-19-9-16-17-10-19/h4-5,8-10H,3,6-7H2,1-2H3,(H2,15,18,20). The van der Waals surface area contributed by atoms with Crippen LogP contribution in [0.1, 0.15) is 6.42 Å². The minimum atomic E-state index is -0.296. The second kappa shape index (κ2) is 7.87. The number of methoxy groups -OCH3 is 2. The summed E-state index contributed by atoms with van der Waals surface area (Å²) in [6, 6.07) is 4.91. The molecule has 0 radical (unpaired) electrons. The maximum absolute atomic E-state index is 11.9. The van der Waals surface area contributed by atoms with Crippen LogP contribution in [0.3, 0.4) is 0 Å². The molecule has 0 unspecified atom stereocenters. The van der Waals surface area contributed by atoms with Gasteiger partial charge in [-0.2, -0.15) is 0 Å². The summed E-state index contributed by atoms with van der Waals surface area (Å²) in [5, 5.41) is 13.0. The monoisotopic (exact) mass is 305 g/mol. The molecule has 0 atom stereocenters. The smallest absolute Gasteiger partial charge is 0.319 e. The molecule has 0 aliphatic heterocycles. The first-order valence-corrected chi connectivity index (χ1v) is 6.82. The molecule has 8 nitrogen and oxygen atoms in total. The first-order valence-electron chi connectivity index (χ1n) is 6.82. The number of amides is 2. The molecule has 0 saturated carbocycles. The Morgan fingerprint density at radius 3 is 2.68 bits per heavy atom. The molecular weight excluding hydrogens is 286 g/mol. The van der Waals surface area contributed by atoms with Crippen molar-refractivity contribution < 1.29 is 14.3 Å². The molecule has 2 amide bonds. The van der Waals surface area contributed by atoms with Crippen LogP contribution in [0.2, 0.25) is 0 Å². The van der Waals surface area contributed by atoms with Gasteiger partial charge in [0.25, 0.3) is 0 Å². The SMILES string of the molecule is COc1ccc(OC)c(NC(=O)NCCCn2cnnc2)c1. The van der Waals surface area contributed by atoms with Crippen molar-refractivity contribution in [2.75, 3.05) is 26.1 Å². The molecule has 0 spiro atoms. The van der Waals surface area contributed by atoms with Crippen molar-refractivity contribution in [3.63, 3.8) is 0 Å². The Balaban J connectivity index is 1.81. The summed E-state index contributed by atoms with van der Waals surface area (Å²) in [7, 11) is 3.11. The number of nitrogens with zero attached hydrogens (tertiary/aromatic N) is 3. The van der Waals surface area contributed by atoms with Crippen LogP contribution in [-0.2, 0) is 6.54 Å². The van der Waals surface area contributed by atoms with Crippen LogP contribution in [-0.4, -0.2) is 41.6 Å². The van der Waals surface area contributed by atoms with Gasteiger partial charge in [0.15, 0.2) is 0 Å². The second-order valence-electron chi connectivity index (χ2n) is 4.50. The summed E-state index contributed by atoms with van der Waals surface area (Å²) in [6.07, 6.45) is 4.06. The van der Waals surface area contributed by atoms with E-state index in [-0.39, 0.29) is 6.03 Å². The lowest BCUT2D eigenvalue weighted by atomic mass is 10.2. The van der Waals surface area contributed by atoms with Crippen LogP contribution in [0.4, 0.5) is 10.5 Å². The summed E-state index contributed by atoms with van der Waals surface area (Å²) in [6.45, 7) is 1.28. The van der Waals surface area contributed by atoms with E-state index in [9.17, 15) is 4.79 Å². The highest BCUT2D eigenvalue weighted by atomic mass is 16.5. The fourth-order valence-electron chi connectivity index (χ4n) is 1.88. The molecule has 2 rings (SSSR count). The van der Waals surface area contributed by atoms with E-state index in [4.69, 9.17) is 9.47 Å². The van der Waals surface area contributed by atoms with E-state index in [1.807, 2.05) is 4.57 Å². The molecule has 0 saturated heterocycles. The highest BCUT2D eigenvalue weighted by Gasteiger charge is 2.08. The normalized spacial score (nSPS) is 10.1. The van der Waals surface area contributed by atoms with Gasteiger partial charge in [-0.05, 0) is 18.6 Å². The fraction of sp³-hybridized carbons (Fsp3) is 0.357. The average molecular weight is 305 g/mol. The van der Waals surface area contributed by atoms with E-state index in [1.54, 1.807) is 45.1 Å². The number of carbonyl (C=O) groups is 1. The van der Waals surface area contributed by atoms with Crippen molar-refractivity contribution in [2.45, 2.75) is 13.0 Å². The number of aryl methyl sites for hydroxylation is 1. The third-order valence-electron chi connectivity index (χ3n) is 3.00. The van der Waals surface area contributed by atoms with Gasteiger partial charge >= 0.3 is 6.03 Å². The quantitative estimate of drug-likeness (QED) is 0.757. The van der Waals surface area contributed by atoms with Gasteiger partial charge in [0.1, 0.15) is 24.2 Å². The summed E-state index contributed by atoms with van der Waals surface area (Å²) in [5.74, 6) is 1.21. The zero-order valence-electron chi connectivity index (χ0n) is 12.6. The van der Waals surface area contributed by atoms with Crippen LogP contribution >= 0.6 is 0 Å². The van der Waals surface area contributed by atoms with Crippen molar-refractivity contribution in [1.29, 1.82) is 0 Å². The first kappa shape index (κ1) is 15.6. The summed E-state index contributed by atoms with van der Waals surface area (Å²) in [4.78, 5) is 11.9. The van der Waals surface area contributed by atoms with Gasteiger partial charge in [-0.15, -0.1) is 10.2 Å². The van der Waals surface area contributed by atoms with Crippen LogP contribution in [0.25, 0.3) is 0 Å². The van der Waals surface area contributed by atoms with Crippen molar-refractivity contribution in [3.8, 4) is 11.5 Å². The predicted molar refractivity (Wildman–Crippen MR) is 81.2 cm³/mol. The Morgan fingerprint density at radius 1 is 1.23 bits per heavy atom. The third kappa shape index (κ3) is 4.37. The molecule has 8 heteroatoms. The summed E-state index contributed by atoms with van der Waals surface area (Å²) >= 11 is 0. The lowest BCUT2D eigenvalue weighted by Gasteiger charge is -2.12. The van der Waals surface area contributed by atoms with Crippen LogP contribution in [0.15, 0.2) is 30.9 Å². The highest BCUT2D eigenvalue weighted by Crippen LogP contribution is 2.28. The van der Waals surface area contributed by atoms with E-state index in [0.29, 0.717) is 23.7 Å². The third-order valence-corrected chi connectivity index (χ3v) is 3.00. The van der Waals surface area contributed by atoms with Crippen molar-refractivity contribution in [3.05, 3.63) is 30.9 Å².